The molecule has 0 fully saturated rings. The van der Waals surface area contributed by atoms with Gasteiger partial charge in [-0.1, -0.05) is 23.2 Å². The Bertz CT molecular complexity index is 963. The van der Waals surface area contributed by atoms with E-state index in [0.717, 1.165) is 19.2 Å². The molecule has 2 amide bonds. The van der Waals surface area contributed by atoms with Crippen LogP contribution in [0.3, 0.4) is 0 Å². The van der Waals surface area contributed by atoms with Gasteiger partial charge in [0, 0.05) is 6.07 Å². The van der Waals surface area contributed by atoms with Gasteiger partial charge in [-0.05, 0) is 36.4 Å². The van der Waals surface area contributed by atoms with E-state index in [0.29, 0.717) is 9.92 Å². The number of halogens is 2. The fourth-order valence-electron chi connectivity index (χ4n) is 2.00. The summed E-state index contributed by atoms with van der Waals surface area (Å²) in [6.45, 7) is -0.510. The van der Waals surface area contributed by atoms with Gasteiger partial charge in [-0.25, -0.2) is 23.3 Å². The lowest BCUT2D eigenvalue weighted by atomic mass is 10.3. The zero-order valence-corrected chi connectivity index (χ0v) is 16.2. The zero-order chi connectivity index (χ0) is 20.2. The number of amides is 2. The third-order valence-electron chi connectivity index (χ3n) is 3.28. The first-order valence-corrected chi connectivity index (χ1v) is 9.55. The second kappa shape index (κ2) is 8.57. The minimum absolute atomic E-state index is 0.0805. The van der Waals surface area contributed by atoms with Gasteiger partial charge in [0.25, 0.3) is 5.91 Å². The van der Waals surface area contributed by atoms with Gasteiger partial charge in [0.05, 0.1) is 27.7 Å². The third-order valence-corrected chi connectivity index (χ3v) is 4.95. The highest BCUT2D eigenvalue weighted by Gasteiger charge is 2.25. The molecule has 0 saturated carbocycles. The molecule has 0 radical (unpaired) electrons. The van der Waals surface area contributed by atoms with E-state index in [-0.39, 0.29) is 21.4 Å². The van der Waals surface area contributed by atoms with Crippen molar-refractivity contribution in [3.05, 3.63) is 52.5 Å². The van der Waals surface area contributed by atoms with E-state index in [1.54, 1.807) is 0 Å². The molecule has 2 aromatic carbocycles. The van der Waals surface area contributed by atoms with E-state index in [2.05, 4.69) is 4.74 Å². The molecule has 0 aromatic heterocycles. The van der Waals surface area contributed by atoms with E-state index in [9.17, 15) is 18.0 Å². The van der Waals surface area contributed by atoms with Crippen molar-refractivity contribution in [3.63, 3.8) is 0 Å². The van der Waals surface area contributed by atoms with E-state index < -0.39 is 28.6 Å². The molecule has 144 valence electrons. The van der Waals surface area contributed by atoms with Crippen LogP contribution >= 0.6 is 23.2 Å². The summed E-state index contributed by atoms with van der Waals surface area (Å²) >= 11 is 11.7. The quantitative estimate of drug-likeness (QED) is 0.775. The number of nitrogens with zero attached hydrogens (tertiary/aromatic N) is 1. The SMILES string of the molecule is COC(=O)N(C(=O)COc1ccc(Cl)c(Cl)c1)c1ccc(S(N)(=O)=O)cc1. The Balaban J connectivity index is 2.21. The third kappa shape index (κ3) is 5.33. The van der Waals surface area contributed by atoms with Crippen molar-refractivity contribution in [2.24, 2.45) is 5.14 Å². The molecule has 2 N–H and O–H groups in total. The van der Waals surface area contributed by atoms with Crippen LogP contribution in [0.4, 0.5) is 10.5 Å². The summed E-state index contributed by atoms with van der Waals surface area (Å²) in [5.74, 6) is -0.483. The van der Waals surface area contributed by atoms with Crippen LogP contribution in [0.5, 0.6) is 5.75 Å². The maximum Gasteiger partial charge on any atom is 0.421 e. The number of imide groups is 1. The maximum atomic E-state index is 12.4. The summed E-state index contributed by atoms with van der Waals surface area (Å²) < 4.78 is 32.6. The molecule has 0 heterocycles. The molecule has 0 atom stereocenters. The zero-order valence-electron chi connectivity index (χ0n) is 13.9. The topological polar surface area (TPSA) is 116 Å². The lowest BCUT2D eigenvalue weighted by Gasteiger charge is -2.20. The first kappa shape index (κ1) is 21.0. The standard InChI is InChI=1S/C16H14Cl2N2O6S/c1-25-16(22)20(10-2-5-12(6-3-10)27(19,23)24)15(21)9-26-11-4-7-13(17)14(18)8-11/h2-8H,9H2,1H3,(H2,19,23,24). The second-order valence-electron chi connectivity index (χ2n) is 5.10. The normalized spacial score (nSPS) is 11.0. The Morgan fingerprint density at radius 3 is 2.22 bits per heavy atom. The number of carbonyl (C=O) groups excluding carboxylic acids is 2. The lowest BCUT2D eigenvalue weighted by molar-refractivity contribution is -0.120. The number of sulfonamides is 1. The highest BCUT2D eigenvalue weighted by Crippen LogP contribution is 2.26. The van der Waals surface area contributed by atoms with E-state index >= 15 is 0 Å². The number of benzene rings is 2. The van der Waals surface area contributed by atoms with Gasteiger partial charge in [-0.3, -0.25) is 4.79 Å². The van der Waals surface area contributed by atoms with Crippen LogP contribution in [0.1, 0.15) is 0 Å². The van der Waals surface area contributed by atoms with Crippen LogP contribution in [-0.4, -0.2) is 34.1 Å². The molecule has 0 aliphatic heterocycles. The van der Waals surface area contributed by atoms with Crippen LogP contribution in [0.2, 0.25) is 10.0 Å². The predicted molar refractivity (Wildman–Crippen MR) is 99.7 cm³/mol. The van der Waals surface area contributed by atoms with E-state index in [1.807, 2.05) is 0 Å². The second-order valence-corrected chi connectivity index (χ2v) is 7.48. The summed E-state index contributed by atoms with van der Waals surface area (Å²) in [7, 11) is -2.81. The molecule has 0 spiro atoms. The minimum Gasteiger partial charge on any atom is -0.484 e. The molecular weight excluding hydrogens is 419 g/mol. The van der Waals surface area contributed by atoms with Crippen molar-refractivity contribution in [3.8, 4) is 5.75 Å². The van der Waals surface area contributed by atoms with Crippen LogP contribution < -0.4 is 14.8 Å². The predicted octanol–water partition coefficient (Wildman–Crippen LogP) is 2.82. The van der Waals surface area contributed by atoms with Gasteiger partial charge in [0.1, 0.15) is 5.75 Å². The number of hydrogen-bond donors (Lipinski definition) is 1. The highest BCUT2D eigenvalue weighted by molar-refractivity contribution is 7.89. The van der Waals surface area contributed by atoms with Crippen molar-refractivity contribution in [1.82, 2.24) is 0 Å². The molecule has 0 aliphatic carbocycles. The Labute approximate surface area is 165 Å². The molecule has 2 aromatic rings. The summed E-state index contributed by atoms with van der Waals surface area (Å²) in [5, 5.41) is 5.59. The molecule has 0 aliphatic rings. The smallest absolute Gasteiger partial charge is 0.421 e. The van der Waals surface area contributed by atoms with Crippen LogP contribution in [0.15, 0.2) is 47.4 Å². The molecular formula is C16H14Cl2N2O6S. The highest BCUT2D eigenvalue weighted by atomic mass is 35.5. The number of ether oxygens (including phenoxy) is 2. The molecule has 0 saturated heterocycles. The molecule has 0 unspecified atom stereocenters. The Hall–Kier alpha value is -2.33. The number of methoxy groups -OCH3 is 1. The number of anilines is 1. The Morgan fingerprint density at radius 2 is 1.70 bits per heavy atom. The maximum absolute atomic E-state index is 12.4. The van der Waals surface area contributed by atoms with Gasteiger partial charge in [-0.2, -0.15) is 0 Å². The lowest BCUT2D eigenvalue weighted by Crippen LogP contribution is -2.40. The molecule has 0 bridgehead atoms. The van der Waals surface area contributed by atoms with Crippen molar-refractivity contribution >= 4 is 50.9 Å². The molecule has 8 nitrogen and oxygen atoms in total. The van der Waals surface area contributed by atoms with Crippen LogP contribution in [0.25, 0.3) is 0 Å². The van der Waals surface area contributed by atoms with Gasteiger partial charge in [0.2, 0.25) is 10.0 Å². The first-order chi connectivity index (χ1) is 12.6. The number of carbonyl (C=O) groups is 2. The summed E-state index contributed by atoms with van der Waals surface area (Å²) in [5.41, 5.74) is 0.0805. The number of rotatable bonds is 5. The van der Waals surface area contributed by atoms with Gasteiger partial charge >= 0.3 is 6.09 Å². The van der Waals surface area contributed by atoms with Crippen molar-refractivity contribution in [2.45, 2.75) is 4.90 Å². The summed E-state index contributed by atoms with van der Waals surface area (Å²) in [6.07, 6.45) is -0.971. The Kier molecular flexibility index (Phi) is 6.66. The van der Waals surface area contributed by atoms with Crippen LogP contribution in [-0.2, 0) is 19.6 Å². The average molecular weight is 433 g/mol. The summed E-state index contributed by atoms with van der Waals surface area (Å²) in [4.78, 5) is 25.0. The molecule has 2 rings (SSSR count). The van der Waals surface area contributed by atoms with Gasteiger partial charge in [0.15, 0.2) is 6.61 Å². The summed E-state index contributed by atoms with van der Waals surface area (Å²) in [6, 6.07) is 9.22. The van der Waals surface area contributed by atoms with Gasteiger partial charge < -0.3 is 9.47 Å². The van der Waals surface area contributed by atoms with Crippen molar-refractivity contribution in [1.29, 1.82) is 0 Å². The van der Waals surface area contributed by atoms with Crippen molar-refractivity contribution < 1.29 is 27.5 Å². The largest absolute Gasteiger partial charge is 0.484 e. The number of primary sulfonamides is 1. The van der Waals surface area contributed by atoms with E-state index in [4.69, 9.17) is 33.1 Å². The number of nitrogens with two attached hydrogens (primary N) is 1. The van der Waals surface area contributed by atoms with Crippen molar-refractivity contribution in [2.75, 3.05) is 18.6 Å². The monoisotopic (exact) mass is 432 g/mol. The first-order valence-electron chi connectivity index (χ1n) is 7.25. The average Bonchev–Trinajstić information content (AvgIpc) is 2.62. The van der Waals surface area contributed by atoms with Gasteiger partial charge in [-0.15, -0.1) is 0 Å². The minimum atomic E-state index is -3.91. The Morgan fingerprint density at radius 1 is 1.07 bits per heavy atom. The number of hydrogen-bond acceptors (Lipinski definition) is 6. The fraction of sp³-hybridized carbons (Fsp3) is 0.125. The molecule has 27 heavy (non-hydrogen) atoms. The van der Waals surface area contributed by atoms with E-state index in [1.165, 1.54) is 30.3 Å². The molecule has 11 heteroatoms. The van der Waals surface area contributed by atoms with Crippen LogP contribution in [0, 0.1) is 0 Å². The fourth-order valence-corrected chi connectivity index (χ4v) is 2.81.